The number of benzene rings is 1. The molecule has 1 atom stereocenters. The van der Waals surface area contributed by atoms with Crippen molar-refractivity contribution in [3.8, 4) is 0 Å². The van der Waals surface area contributed by atoms with Crippen LogP contribution in [0.5, 0.6) is 0 Å². The molecule has 1 N–H and O–H groups in total. The number of rotatable bonds is 3. The molecule has 0 aliphatic heterocycles. The number of fused-ring (bicyclic) bond motifs is 1. The summed E-state index contributed by atoms with van der Waals surface area (Å²) in [6.07, 6.45) is -0.700. The number of aromatic nitrogens is 2. The maximum atomic E-state index is 12.3. The van der Waals surface area contributed by atoms with Crippen LogP contribution >= 0.6 is 22.9 Å². The van der Waals surface area contributed by atoms with Gasteiger partial charge in [0.1, 0.15) is 4.83 Å². The molecule has 24 heavy (non-hydrogen) atoms. The highest BCUT2D eigenvalue weighted by Gasteiger charge is 2.20. The molecule has 0 radical (unpaired) electrons. The maximum Gasteiger partial charge on any atom is 0.340 e. The average molecular weight is 363 g/mol. The summed E-state index contributed by atoms with van der Waals surface area (Å²) in [5, 5.41) is 0.905. The molecule has 0 aliphatic rings. The number of ether oxygens (including phenoxy) is 1. The van der Waals surface area contributed by atoms with Crippen molar-refractivity contribution >= 4 is 39.1 Å². The lowest BCUT2D eigenvalue weighted by Crippen LogP contribution is -2.17. The molecule has 3 rings (SSSR count). The molecule has 1 aromatic carbocycles. The van der Waals surface area contributed by atoms with Crippen LogP contribution in [0.25, 0.3) is 10.2 Å². The van der Waals surface area contributed by atoms with E-state index in [-0.39, 0.29) is 11.1 Å². The van der Waals surface area contributed by atoms with Gasteiger partial charge < -0.3 is 9.72 Å². The second kappa shape index (κ2) is 6.37. The highest BCUT2D eigenvalue weighted by Crippen LogP contribution is 2.27. The standard InChI is InChI=1S/C17H15ClN2O3S/c1-8-10(3)24-16-13(8)15(21)19-14(20-16)9(2)23-17(22)11-6-4-5-7-12(11)18/h4-7,9H,1-3H3,(H,19,20,21)/t9-/m1/s1. The van der Waals surface area contributed by atoms with Crippen molar-refractivity contribution in [3.63, 3.8) is 0 Å². The summed E-state index contributed by atoms with van der Waals surface area (Å²) >= 11 is 7.45. The summed E-state index contributed by atoms with van der Waals surface area (Å²) < 4.78 is 5.39. The third kappa shape index (κ3) is 2.95. The normalized spacial score (nSPS) is 12.3. The molecular formula is C17H15ClN2O3S. The van der Waals surface area contributed by atoms with E-state index in [1.165, 1.54) is 11.3 Å². The Morgan fingerprint density at radius 1 is 1.33 bits per heavy atom. The molecule has 5 nitrogen and oxygen atoms in total. The van der Waals surface area contributed by atoms with Gasteiger partial charge in [0.15, 0.2) is 11.9 Å². The van der Waals surface area contributed by atoms with Gasteiger partial charge in [-0.1, -0.05) is 23.7 Å². The van der Waals surface area contributed by atoms with Crippen LogP contribution in [0, 0.1) is 13.8 Å². The molecule has 0 unspecified atom stereocenters. The minimum Gasteiger partial charge on any atom is -0.451 e. The fourth-order valence-corrected chi connectivity index (χ4v) is 3.62. The number of carbonyl (C=O) groups excluding carboxylic acids is 1. The lowest BCUT2D eigenvalue weighted by Gasteiger charge is -2.13. The van der Waals surface area contributed by atoms with E-state index in [1.807, 2.05) is 13.8 Å². The molecule has 2 heterocycles. The first-order valence-corrected chi connectivity index (χ1v) is 8.53. The first-order valence-electron chi connectivity index (χ1n) is 7.34. The Labute approximate surface area is 147 Å². The van der Waals surface area contributed by atoms with Crippen molar-refractivity contribution in [2.45, 2.75) is 26.9 Å². The number of nitrogens with zero attached hydrogens (tertiary/aromatic N) is 1. The Bertz CT molecular complexity index is 993. The second-order valence-corrected chi connectivity index (χ2v) is 7.05. The van der Waals surface area contributed by atoms with Crippen LogP contribution in [0.3, 0.4) is 0 Å². The summed E-state index contributed by atoms with van der Waals surface area (Å²) in [7, 11) is 0. The van der Waals surface area contributed by atoms with E-state index in [1.54, 1.807) is 31.2 Å². The van der Waals surface area contributed by atoms with E-state index in [9.17, 15) is 9.59 Å². The number of hydrogen-bond donors (Lipinski definition) is 1. The van der Waals surface area contributed by atoms with Crippen LogP contribution in [-0.2, 0) is 4.74 Å². The molecular weight excluding hydrogens is 348 g/mol. The Kier molecular flexibility index (Phi) is 4.43. The van der Waals surface area contributed by atoms with Crippen LogP contribution in [0.15, 0.2) is 29.1 Å². The Balaban J connectivity index is 1.92. The lowest BCUT2D eigenvalue weighted by atomic mass is 10.2. The molecule has 7 heteroatoms. The van der Waals surface area contributed by atoms with Crippen LogP contribution in [-0.4, -0.2) is 15.9 Å². The Morgan fingerprint density at radius 2 is 2.04 bits per heavy atom. The van der Waals surface area contributed by atoms with Gasteiger partial charge in [-0.2, -0.15) is 0 Å². The van der Waals surface area contributed by atoms with Gasteiger partial charge in [0.25, 0.3) is 5.56 Å². The van der Waals surface area contributed by atoms with Gasteiger partial charge in [-0.25, -0.2) is 9.78 Å². The zero-order valence-electron chi connectivity index (χ0n) is 13.3. The van der Waals surface area contributed by atoms with Gasteiger partial charge >= 0.3 is 5.97 Å². The number of hydrogen-bond acceptors (Lipinski definition) is 5. The molecule has 124 valence electrons. The van der Waals surface area contributed by atoms with Gasteiger partial charge in [-0.3, -0.25) is 4.79 Å². The van der Waals surface area contributed by atoms with E-state index in [0.717, 1.165) is 10.4 Å². The summed E-state index contributed by atoms with van der Waals surface area (Å²) in [6.45, 7) is 5.50. The molecule has 2 aromatic heterocycles. The van der Waals surface area contributed by atoms with Gasteiger partial charge in [0.2, 0.25) is 0 Å². The zero-order valence-corrected chi connectivity index (χ0v) is 14.9. The monoisotopic (exact) mass is 362 g/mol. The Hall–Kier alpha value is -2.18. The predicted octanol–water partition coefficient (Wildman–Crippen LogP) is 4.17. The SMILES string of the molecule is Cc1sc2nc([C@@H](C)OC(=O)c3ccccc3Cl)[nH]c(=O)c2c1C. The number of aromatic amines is 1. The van der Waals surface area contributed by atoms with Crippen molar-refractivity contribution in [1.29, 1.82) is 0 Å². The van der Waals surface area contributed by atoms with Crippen molar-refractivity contribution < 1.29 is 9.53 Å². The summed E-state index contributed by atoms with van der Waals surface area (Å²) in [5.74, 6) is -0.247. The van der Waals surface area contributed by atoms with Crippen LogP contribution in [0.2, 0.25) is 5.02 Å². The minimum absolute atomic E-state index is 0.225. The number of thiophene rings is 1. The van der Waals surface area contributed by atoms with Gasteiger partial charge in [0, 0.05) is 4.88 Å². The molecule has 0 saturated carbocycles. The van der Waals surface area contributed by atoms with Crippen LogP contribution in [0.1, 0.15) is 39.7 Å². The topological polar surface area (TPSA) is 72.0 Å². The minimum atomic E-state index is -0.700. The first-order chi connectivity index (χ1) is 11.4. The smallest absolute Gasteiger partial charge is 0.340 e. The fraction of sp³-hybridized carbons (Fsp3) is 0.235. The maximum absolute atomic E-state index is 12.3. The van der Waals surface area contributed by atoms with Gasteiger partial charge in [-0.05, 0) is 38.5 Å². The molecule has 0 saturated heterocycles. The van der Waals surface area contributed by atoms with Crippen molar-refractivity contribution in [1.82, 2.24) is 9.97 Å². The van der Waals surface area contributed by atoms with Crippen LogP contribution < -0.4 is 5.56 Å². The van der Waals surface area contributed by atoms with Crippen LogP contribution in [0.4, 0.5) is 0 Å². The van der Waals surface area contributed by atoms with E-state index < -0.39 is 12.1 Å². The number of aryl methyl sites for hydroxylation is 2. The van der Waals surface area contributed by atoms with Gasteiger partial charge in [0.05, 0.1) is 16.0 Å². The average Bonchev–Trinajstić information content (AvgIpc) is 2.82. The highest BCUT2D eigenvalue weighted by molar-refractivity contribution is 7.18. The van der Waals surface area contributed by atoms with E-state index in [4.69, 9.17) is 16.3 Å². The molecule has 0 aliphatic carbocycles. The van der Waals surface area contributed by atoms with E-state index in [0.29, 0.717) is 21.1 Å². The number of carbonyl (C=O) groups is 1. The molecule has 0 amide bonds. The Morgan fingerprint density at radius 3 is 2.75 bits per heavy atom. The summed E-state index contributed by atoms with van der Waals surface area (Å²) in [5.41, 5.74) is 0.978. The molecule has 0 bridgehead atoms. The summed E-state index contributed by atoms with van der Waals surface area (Å²) in [6, 6.07) is 6.64. The quantitative estimate of drug-likeness (QED) is 0.709. The number of H-pyrrole nitrogens is 1. The van der Waals surface area contributed by atoms with E-state index in [2.05, 4.69) is 9.97 Å². The molecule has 0 fully saturated rings. The predicted molar refractivity (Wildman–Crippen MR) is 95.0 cm³/mol. The second-order valence-electron chi connectivity index (χ2n) is 5.44. The fourth-order valence-electron chi connectivity index (χ4n) is 2.37. The third-order valence-electron chi connectivity index (χ3n) is 3.82. The zero-order chi connectivity index (χ0) is 17.4. The third-order valence-corrected chi connectivity index (χ3v) is 5.25. The first kappa shape index (κ1) is 16.7. The van der Waals surface area contributed by atoms with Crippen molar-refractivity contribution in [2.75, 3.05) is 0 Å². The van der Waals surface area contributed by atoms with E-state index >= 15 is 0 Å². The number of nitrogens with one attached hydrogen (secondary N) is 1. The molecule has 3 aromatic rings. The van der Waals surface area contributed by atoms with Crippen molar-refractivity contribution in [3.05, 3.63) is 61.5 Å². The number of esters is 1. The highest BCUT2D eigenvalue weighted by atomic mass is 35.5. The van der Waals surface area contributed by atoms with Gasteiger partial charge in [-0.15, -0.1) is 11.3 Å². The number of halogens is 1. The summed E-state index contributed by atoms with van der Waals surface area (Å²) in [4.78, 5) is 33.4. The van der Waals surface area contributed by atoms with Crippen molar-refractivity contribution in [2.24, 2.45) is 0 Å². The molecule has 0 spiro atoms. The lowest BCUT2D eigenvalue weighted by molar-refractivity contribution is 0.0320. The largest absolute Gasteiger partial charge is 0.451 e.